The van der Waals surface area contributed by atoms with Gasteiger partial charge in [0.15, 0.2) is 6.61 Å². The predicted molar refractivity (Wildman–Crippen MR) is 185 cm³/mol. The number of hydrogen-bond donors (Lipinski definition) is 5. The summed E-state index contributed by atoms with van der Waals surface area (Å²) in [5.74, 6) is -1.28. The smallest absolute Gasteiger partial charge is 0.469 e. The molecule has 5 aliphatic heterocycles. The van der Waals surface area contributed by atoms with Gasteiger partial charge in [-0.05, 0) is 97.2 Å². The van der Waals surface area contributed by atoms with Crippen LogP contribution in [0.2, 0.25) is 0 Å². The Morgan fingerprint density at radius 2 is 1.22 bits per heavy atom. The van der Waals surface area contributed by atoms with Gasteiger partial charge < -0.3 is 29.4 Å². The van der Waals surface area contributed by atoms with Gasteiger partial charge in [-0.3, -0.25) is 9.05 Å². The summed E-state index contributed by atoms with van der Waals surface area (Å²) in [5.41, 5.74) is 6.65. The number of fused-ring (bicyclic) bond motifs is 4. The van der Waals surface area contributed by atoms with E-state index in [1.54, 1.807) is 60.7 Å². The number of aliphatic imine (C=N–C) groups is 4. The lowest BCUT2D eigenvalue weighted by molar-refractivity contribution is -0.139. The summed E-state index contributed by atoms with van der Waals surface area (Å²) >= 11 is 0. The number of carboxylic acids is 1. The first-order chi connectivity index (χ1) is 23.8. The SMILES string of the molecule is O=C(O)COc1ccc(C2=C3C=CC(=N3)C=C3C=CC(=N3)C(C(CCOP(=O)(O)O)CCOP(=O)(O)O)=C3C=CC(=N3)C=C3C=CC2=N3)cc1. The Morgan fingerprint density at radius 3 is 1.80 bits per heavy atom. The van der Waals surface area contributed by atoms with Crippen LogP contribution in [-0.4, -0.2) is 73.3 Å². The van der Waals surface area contributed by atoms with E-state index in [0.29, 0.717) is 57.0 Å². The summed E-state index contributed by atoms with van der Waals surface area (Å²) in [6, 6.07) is 6.97. The fourth-order valence-electron chi connectivity index (χ4n) is 5.61. The quantitative estimate of drug-likeness (QED) is 0.177. The molecule has 0 amide bonds. The molecule has 1 aromatic rings. The van der Waals surface area contributed by atoms with Crippen LogP contribution in [0.3, 0.4) is 0 Å². The minimum absolute atomic E-state index is 0.0512. The molecule has 0 unspecified atom stereocenters. The van der Waals surface area contributed by atoms with Gasteiger partial charge >= 0.3 is 21.6 Å². The molecule has 5 heterocycles. The van der Waals surface area contributed by atoms with E-state index in [9.17, 15) is 33.5 Å². The highest BCUT2D eigenvalue weighted by Crippen LogP contribution is 2.40. The van der Waals surface area contributed by atoms with Gasteiger partial charge in [-0.2, -0.15) is 0 Å². The van der Waals surface area contributed by atoms with Crippen molar-refractivity contribution in [2.24, 2.45) is 25.9 Å². The minimum Gasteiger partial charge on any atom is -0.482 e. The van der Waals surface area contributed by atoms with Gasteiger partial charge in [-0.15, -0.1) is 0 Å². The molecule has 1 aromatic carbocycles. The van der Waals surface area contributed by atoms with E-state index < -0.39 is 34.1 Å². The maximum Gasteiger partial charge on any atom is 0.469 e. The van der Waals surface area contributed by atoms with E-state index >= 15 is 0 Å². The van der Waals surface area contributed by atoms with Crippen molar-refractivity contribution in [2.45, 2.75) is 12.8 Å². The van der Waals surface area contributed by atoms with Crippen molar-refractivity contribution in [1.29, 1.82) is 0 Å². The molecule has 0 aliphatic carbocycles. The van der Waals surface area contributed by atoms with Crippen LogP contribution in [-0.2, 0) is 23.0 Å². The third kappa shape index (κ3) is 9.10. The number of phosphoric acid groups is 2. The van der Waals surface area contributed by atoms with Crippen LogP contribution in [0.1, 0.15) is 18.4 Å². The van der Waals surface area contributed by atoms with Gasteiger partial charge in [0.1, 0.15) is 5.75 Å². The highest BCUT2D eigenvalue weighted by molar-refractivity contribution is 7.46. The van der Waals surface area contributed by atoms with Crippen molar-refractivity contribution < 1.29 is 52.4 Å². The third-order valence-corrected chi connectivity index (χ3v) is 8.70. The molecule has 0 saturated carbocycles. The predicted octanol–water partition coefficient (Wildman–Crippen LogP) is 4.55. The van der Waals surface area contributed by atoms with Crippen LogP contribution in [0.5, 0.6) is 5.75 Å². The normalized spacial score (nSPS) is 18.1. The topological polar surface area (TPSA) is 229 Å². The lowest BCUT2D eigenvalue weighted by Crippen LogP contribution is -2.17. The Kier molecular flexibility index (Phi) is 10.3. The Balaban J connectivity index is 1.41. The molecular formula is C33H30N4O11P2. The fraction of sp³-hybridized carbons (Fsp3) is 0.182. The molecule has 258 valence electrons. The van der Waals surface area contributed by atoms with Crippen molar-refractivity contribution >= 4 is 50.0 Å². The maximum absolute atomic E-state index is 11.4. The molecular weight excluding hydrogens is 690 g/mol. The molecule has 0 fully saturated rings. The molecule has 0 saturated heterocycles. The van der Waals surface area contributed by atoms with E-state index in [1.807, 2.05) is 24.3 Å². The van der Waals surface area contributed by atoms with Crippen LogP contribution in [0.25, 0.3) is 5.57 Å². The van der Waals surface area contributed by atoms with Crippen LogP contribution < -0.4 is 4.74 Å². The summed E-state index contributed by atoms with van der Waals surface area (Å²) in [6.07, 6.45) is 18.1. The number of nitrogens with zero attached hydrogens (tertiary/aromatic N) is 4. The molecule has 50 heavy (non-hydrogen) atoms. The number of ether oxygens (including phenoxy) is 1. The Bertz CT molecular complexity index is 2060. The number of benzene rings is 1. The molecule has 0 radical (unpaired) electrons. The molecule has 5 aliphatic rings. The van der Waals surface area contributed by atoms with Crippen molar-refractivity contribution in [2.75, 3.05) is 19.8 Å². The standard InChI is InChI=1S/C33H30N4O11P2/c38-31(39)19-46-26-7-1-20(2-8-26)32-27-9-3-22(34-27)17-24-5-11-29(36-24)33(30-12-6-25(37-30)18-23-4-10-28(32)35-23)21(13-15-47-49(40,41)42)14-16-48-50(43,44)45/h1-12,17-18,21H,13-16,19H2,(H,38,39)(H2,40,41,42)(H2,43,44,45). The molecule has 15 nitrogen and oxygen atoms in total. The highest BCUT2D eigenvalue weighted by atomic mass is 31.2. The molecule has 8 bridgehead atoms. The molecule has 6 rings (SSSR count). The second kappa shape index (κ2) is 14.7. The first kappa shape index (κ1) is 35.1. The van der Waals surface area contributed by atoms with Gasteiger partial charge in [0.25, 0.3) is 0 Å². The molecule has 5 N–H and O–H groups in total. The largest absolute Gasteiger partial charge is 0.482 e. The first-order valence-corrected chi connectivity index (χ1v) is 18.2. The van der Waals surface area contributed by atoms with Crippen molar-refractivity contribution in [3.05, 3.63) is 119 Å². The Hall–Kier alpha value is -4.69. The number of phosphoric ester groups is 2. The van der Waals surface area contributed by atoms with E-state index in [4.69, 9.17) is 38.9 Å². The van der Waals surface area contributed by atoms with Crippen LogP contribution in [0.15, 0.2) is 133 Å². The Labute approximate surface area is 285 Å². The van der Waals surface area contributed by atoms with Gasteiger partial charge in [0.05, 0.1) is 58.8 Å². The van der Waals surface area contributed by atoms with Gasteiger partial charge in [-0.25, -0.2) is 33.9 Å². The third-order valence-electron chi connectivity index (χ3n) is 7.67. The summed E-state index contributed by atoms with van der Waals surface area (Å²) in [5, 5.41) is 8.95. The lowest BCUT2D eigenvalue weighted by atomic mass is 9.88. The summed E-state index contributed by atoms with van der Waals surface area (Å²) in [4.78, 5) is 67.3. The summed E-state index contributed by atoms with van der Waals surface area (Å²) in [7, 11) is -9.57. The molecule has 0 aromatic heterocycles. The Morgan fingerprint density at radius 1 is 0.680 bits per heavy atom. The fourth-order valence-corrected chi connectivity index (χ4v) is 6.30. The monoisotopic (exact) mass is 720 g/mol. The summed E-state index contributed by atoms with van der Waals surface area (Å²) < 4.78 is 37.6. The number of hydrogen-bond acceptors (Lipinski definition) is 10. The number of allylic oxidation sites excluding steroid dienone is 12. The number of rotatable bonds is 13. The number of aliphatic carboxylic acids is 1. The van der Waals surface area contributed by atoms with Crippen molar-refractivity contribution in [3.8, 4) is 5.75 Å². The van der Waals surface area contributed by atoms with E-state index in [-0.39, 0.29) is 26.1 Å². The zero-order valence-corrected chi connectivity index (χ0v) is 27.9. The minimum atomic E-state index is -4.79. The average Bonchev–Trinajstić information content (AvgIpc) is 3.86. The average molecular weight is 721 g/mol. The zero-order valence-electron chi connectivity index (χ0n) is 26.1. The number of carbonyl (C=O) groups is 1. The molecule has 17 heteroatoms. The molecule has 0 spiro atoms. The first-order valence-electron chi connectivity index (χ1n) is 15.1. The number of carboxylic acid groups (broad SMARTS) is 1. The zero-order chi connectivity index (χ0) is 35.5. The van der Waals surface area contributed by atoms with Gasteiger partial charge in [0.2, 0.25) is 0 Å². The van der Waals surface area contributed by atoms with Crippen LogP contribution >= 0.6 is 15.6 Å². The maximum atomic E-state index is 11.4. The van der Waals surface area contributed by atoms with Crippen LogP contribution in [0, 0.1) is 5.92 Å². The van der Waals surface area contributed by atoms with E-state index in [1.165, 1.54) is 0 Å². The van der Waals surface area contributed by atoms with Crippen molar-refractivity contribution in [1.82, 2.24) is 0 Å². The lowest BCUT2D eigenvalue weighted by Gasteiger charge is -2.21. The summed E-state index contributed by atoms with van der Waals surface area (Å²) in [6.45, 7) is -1.18. The molecule has 0 atom stereocenters. The highest BCUT2D eigenvalue weighted by Gasteiger charge is 2.28. The van der Waals surface area contributed by atoms with E-state index in [0.717, 1.165) is 11.1 Å². The van der Waals surface area contributed by atoms with Crippen LogP contribution in [0.4, 0.5) is 0 Å². The second-order valence-corrected chi connectivity index (χ2v) is 13.7. The van der Waals surface area contributed by atoms with Gasteiger partial charge in [-0.1, -0.05) is 12.1 Å². The van der Waals surface area contributed by atoms with Gasteiger partial charge in [0, 0.05) is 11.1 Å². The second-order valence-electron chi connectivity index (χ2n) is 11.2. The van der Waals surface area contributed by atoms with E-state index in [2.05, 4.69) is 0 Å². The van der Waals surface area contributed by atoms with Crippen molar-refractivity contribution in [3.63, 3.8) is 0 Å².